The largest absolute Gasteiger partial charge is 0.497 e. The van der Waals surface area contributed by atoms with E-state index >= 15 is 0 Å². The monoisotopic (exact) mass is 288 g/mol. The minimum Gasteiger partial charge on any atom is -0.497 e. The standard InChI is InChI=1S/C13H20N2O3.ClH/c1-4-18-12-6-5-10(17-3)7-11(12)15-13(16)9(2)8-14;/h5-7,9H,4,8,14H2,1-3H3,(H,15,16);1H. The third kappa shape index (κ3) is 4.96. The number of nitrogens with one attached hydrogen (secondary N) is 1. The SMILES string of the molecule is CCOc1ccc(OC)cc1NC(=O)C(C)CN.Cl. The van der Waals surface area contributed by atoms with Gasteiger partial charge in [0.15, 0.2) is 0 Å². The van der Waals surface area contributed by atoms with Gasteiger partial charge in [-0.1, -0.05) is 6.92 Å². The lowest BCUT2D eigenvalue weighted by molar-refractivity contribution is -0.119. The minimum absolute atomic E-state index is 0. The fourth-order valence-electron chi connectivity index (χ4n) is 1.38. The highest BCUT2D eigenvalue weighted by atomic mass is 35.5. The number of hydrogen-bond donors (Lipinski definition) is 2. The number of carbonyl (C=O) groups excluding carboxylic acids is 1. The van der Waals surface area contributed by atoms with E-state index in [1.54, 1.807) is 32.2 Å². The number of benzene rings is 1. The van der Waals surface area contributed by atoms with E-state index < -0.39 is 0 Å². The van der Waals surface area contributed by atoms with Gasteiger partial charge in [-0.2, -0.15) is 0 Å². The Balaban J connectivity index is 0.00000324. The van der Waals surface area contributed by atoms with Crippen LogP contribution in [0.3, 0.4) is 0 Å². The molecule has 0 fully saturated rings. The molecule has 19 heavy (non-hydrogen) atoms. The number of nitrogens with two attached hydrogens (primary N) is 1. The first-order valence-corrected chi connectivity index (χ1v) is 5.94. The topological polar surface area (TPSA) is 73.6 Å². The Morgan fingerprint density at radius 1 is 1.47 bits per heavy atom. The molecule has 0 saturated heterocycles. The van der Waals surface area contributed by atoms with Crippen LogP contribution in [0.5, 0.6) is 11.5 Å². The molecule has 5 nitrogen and oxygen atoms in total. The van der Waals surface area contributed by atoms with Gasteiger partial charge in [0.2, 0.25) is 5.91 Å². The van der Waals surface area contributed by atoms with Crippen molar-refractivity contribution in [3.8, 4) is 11.5 Å². The summed E-state index contributed by atoms with van der Waals surface area (Å²) in [5, 5.41) is 2.80. The molecule has 108 valence electrons. The van der Waals surface area contributed by atoms with E-state index in [0.717, 1.165) is 0 Å². The lowest BCUT2D eigenvalue weighted by Crippen LogP contribution is -2.26. The van der Waals surface area contributed by atoms with Crippen LogP contribution in [-0.2, 0) is 4.79 Å². The highest BCUT2D eigenvalue weighted by Gasteiger charge is 2.14. The fourth-order valence-corrected chi connectivity index (χ4v) is 1.38. The molecule has 1 amide bonds. The third-order valence-corrected chi connectivity index (χ3v) is 2.55. The van der Waals surface area contributed by atoms with Crippen LogP contribution in [0.1, 0.15) is 13.8 Å². The number of methoxy groups -OCH3 is 1. The molecule has 0 saturated carbocycles. The molecule has 1 atom stereocenters. The first kappa shape index (κ1) is 17.5. The van der Waals surface area contributed by atoms with Gasteiger partial charge >= 0.3 is 0 Å². The van der Waals surface area contributed by atoms with Gasteiger partial charge in [0.05, 0.1) is 19.4 Å². The Morgan fingerprint density at radius 2 is 2.16 bits per heavy atom. The zero-order valence-electron chi connectivity index (χ0n) is 11.4. The predicted molar refractivity (Wildman–Crippen MR) is 78.3 cm³/mol. The number of anilines is 1. The predicted octanol–water partition coefficient (Wildman–Crippen LogP) is 2.05. The second-order valence-corrected chi connectivity index (χ2v) is 3.92. The molecule has 0 aliphatic heterocycles. The summed E-state index contributed by atoms with van der Waals surface area (Å²) in [6.07, 6.45) is 0. The van der Waals surface area contributed by atoms with Crippen molar-refractivity contribution in [1.82, 2.24) is 0 Å². The molecule has 0 bridgehead atoms. The van der Waals surface area contributed by atoms with Crippen molar-refractivity contribution in [3.63, 3.8) is 0 Å². The van der Waals surface area contributed by atoms with Crippen molar-refractivity contribution in [2.75, 3.05) is 25.6 Å². The van der Waals surface area contributed by atoms with Crippen molar-refractivity contribution in [3.05, 3.63) is 18.2 Å². The van der Waals surface area contributed by atoms with Crippen LogP contribution in [0.4, 0.5) is 5.69 Å². The number of rotatable bonds is 6. The lowest BCUT2D eigenvalue weighted by Gasteiger charge is -2.15. The average Bonchev–Trinajstić information content (AvgIpc) is 2.39. The van der Waals surface area contributed by atoms with Crippen LogP contribution in [0.2, 0.25) is 0 Å². The Bertz CT molecular complexity index is 413. The van der Waals surface area contributed by atoms with Crippen LogP contribution < -0.4 is 20.5 Å². The summed E-state index contributed by atoms with van der Waals surface area (Å²) in [6, 6.07) is 5.28. The maximum absolute atomic E-state index is 11.8. The van der Waals surface area contributed by atoms with E-state index in [2.05, 4.69) is 5.32 Å². The molecule has 0 aromatic heterocycles. The van der Waals surface area contributed by atoms with Gasteiger partial charge < -0.3 is 20.5 Å². The van der Waals surface area contributed by atoms with Gasteiger partial charge in [0.1, 0.15) is 11.5 Å². The maximum Gasteiger partial charge on any atom is 0.228 e. The zero-order chi connectivity index (χ0) is 13.5. The molecule has 1 aromatic carbocycles. The van der Waals surface area contributed by atoms with Crippen molar-refractivity contribution in [1.29, 1.82) is 0 Å². The highest BCUT2D eigenvalue weighted by Crippen LogP contribution is 2.29. The number of hydrogen-bond acceptors (Lipinski definition) is 4. The van der Waals surface area contributed by atoms with Crippen molar-refractivity contribution < 1.29 is 14.3 Å². The second-order valence-electron chi connectivity index (χ2n) is 3.92. The zero-order valence-corrected chi connectivity index (χ0v) is 12.3. The van der Waals surface area contributed by atoms with Gasteiger partial charge in [0.25, 0.3) is 0 Å². The normalized spacial score (nSPS) is 11.2. The van der Waals surface area contributed by atoms with Crippen molar-refractivity contribution >= 4 is 24.0 Å². The summed E-state index contributed by atoms with van der Waals surface area (Å²) in [5.74, 6) is 0.905. The summed E-state index contributed by atoms with van der Waals surface area (Å²) >= 11 is 0. The van der Waals surface area contributed by atoms with Crippen molar-refractivity contribution in [2.45, 2.75) is 13.8 Å². The Morgan fingerprint density at radius 3 is 2.68 bits per heavy atom. The fraction of sp³-hybridized carbons (Fsp3) is 0.462. The van der Waals surface area contributed by atoms with E-state index in [1.165, 1.54) is 0 Å². The van der Waals surface area contributed by atoms with Crippen LogP contribution in [0.15, 0.2) is 18.2 Å². The molecule has 0 heterocycles. The molecule has 6 heteroatoms. The molecule has 3 N–H and O–H groups in total. The third-order valence-electron chi connectivity index (χ3n) is 2.55. The summed E-state index contributed by atoms with van der Waals surface area (Å²) in [7, 11) is 1.57. The van der Waals surface area contributed by atoms with Crippen LogP contribution >= 0.6 is 12.4 Å². The quantitative estimate of drug-likeness (QED) is 0.840. The Kier molecular flexibility index (Phi) is 7.95. The highest BCUT2D eigenvalue weighted by molar-refractivity contribution is 5.94. The number of ether oxygens (including phenoxy) is 2. The molecule has 1 rings (SSSR count). The van der Waals surface area contributed by atoms with Gasteiger partial charge in [-0.3, -0.25) is 4.79 Å². The summed E-state index contributed by atoms with van der Waals surface area (Å²) in [5.41, 5.74) is 6.06. The molecular weight excluding hydrogens is 268 g/mol. The smallest absolute Gasteiger partial charge is 0.228 e. The first-order chi connectivity index (χ1) is 8.62. The van der Waals surface area contributed by atoms with Crippen LogP contribution in [-0.4, -0.2) is 26.2 Å². The maximum atomic E-state index is 11.8. The number of halogens is 1. The molecule has 0 radical (unpaired) electrons. The lowest BCUT2D eigenvalue weighted by atomic mass is 10.1. The number of carbonyl (C=O) groups is 1. The van der Waals surface area contributed by atoms with E-state index in [0.29, 0.717) is 30.3 Å². The minimum atomic E-state index is -0.245. The molecule has 0 aliphatic rings. The van der Waals surface area contributed by atoms with Crippen LogP contribution in [0, 0.1) is 5.92 Å². The van der Waals surface area contributed by atoms with E-state index in [4.69, 9.17) is 15.2 Å². The van der Waals surface area contributed by atoms with E-state index in [-0.39, 0.29) is 24.2 Å². The molecule has 1 unspecified atom stereocenters. The molecule has 1 aromatic rings. The summed E-state index contributed by atoms with van der Waals surface area (Å²) < 4.78 is 10.6. The Hall–Kier alpha value is -1.46. The molecule has 0 aliphatic carbocycles. The summed E-state index contributed by atoms with van der Waals surface area (Å²) in [6.45, 7) is 4.50. The molecular formula is C13H21ClN2O3. The van der Waals surface area contributed by atoms with Gasteiger partial charge in [0, 0.05) is 18.5 Å². The first-order valence-electron chi connectivity index (χ1n) is 5.94. The van der Waals surface area contributed by atoms with E-state index in [9.17, 15) is 4.79 Å². The van der Waals surface area contributed by atoms with Gasteiger partial charge in [-0.15, -0.1) is 12.4 Å². The second kappa shape index (κ2) is 8.61. The molecule has 0 spiro atoms. The van der Waals surface area contributed by atoms with Crippen molar-refractivity contribution in [2.24, 2.45) is 11.7 Å². The Labute approximate surface area is 119 Å². The summed E-state index contributed by atoms with van der Waals surface area (Å²) in [4.78, 5) is 11.8. The number of amides is 1. The van der Waals surface area contributed by atoms with Crippen LogP contribution in [0.25, 0.3) is 0 Å². The van der Waals surface area contributed by atoms with Gasteiger partial charge in [-0.25, -0.2) is 0 Å². The van der Waals surface area contributed by atoms with E-state index in [1.807, 2.05) is 6.92 Å². The van der Waals surface area contributed by atoms with Gasteiger partial charge in [-0.05, 0) is 19.1 Å². The average molecular weight is 289 g/mol.